The first-order valence-corrected chi connectivity index (χ1v) is 9.13. The molecule has 0 bridgehead atoms. The Labute approximate surface area is 161 Å². The third-order valence-electron chi connectivity index (χ3n) is 5.41. The fourth-order valence-corrected chi connectivity index (χ4v) is 3.81. The summed E-state index contributed by atoms with van der Waals surface area (Å²) in [4.78, 5) is 23.0. The van der Waals surface area contributed by atoms with Crippen molar-refractivity contribution in [3.63, 3.8) is 0 Å². The Balaban J connectivity index is 1.58. The number of aliphatic hydroxyl groups is 2. The van der Waals surface area contributed by atoms with E-state index in [0.29, 0.717) is 25.2 Å². The van der Waals surface area contributed by atoms with Crippen molar-refractivity contribution < 1.29 is 19.4 Å². The van der Waals surface area contributed by atoms with Gasteiger partial charge in [-0.05, 0) is 36.6 Å². The number of amides is 1. The van der Waals surface area contributed by atoms with Gasteiger partial charge in [0.25, 0.3) is 5.91 Å². The number of aromatic nitrogens is 3. The standard InChI is InChI=1S/C20H21FN4O3/c21-15-4-2-14(3-5-15)10-20(13-26)12-25(9-6-17(20)27)18(28)16-11-24-8-1-7-22-19(24)23-16/h1-5,7-8,11,17,26-27H,6,9-10,12-13H2/t17-,20-/m0/s1. The van der Waals surface area contributed by atoms with E-state index >= 15 is 0 Å². The molecule has 0 spiro atoms. The van der Waals surface area contributed by atoms with Crippen molar-refractivity contribution in [3.05, 3.63) is 66.0 Å². The lowest BCUT2D eigenvalue weighted by Crippen LogP contribution is -2.56. The molecule has 3 heterocycles. The number of imidazole rings is 1. The van der Waals surface area contributed by atoms with Gasteiger partial charge in [-0.25, -0.2) is 14.4 Å². The van der Waals surface area contributed by atoms with E-state index in [2.05, 4.69) is 9.97 Å². The molecule has 0 aliphatic carbocycles. The molecule has 1 amide bonds. The maximum absolute atomic E-state index is 13.2. The maximum Gasteiger partial charge on any atom is 0.274 e. The molecule has 4 rings (SSSR count). The second-order valence-corrected chi connectivity index (χ2v) is 7.31. The number of nitrogens with zero attached hydrogens (tertiary/aromatic N) is 4. The molecular formula is C20H21FN4O3. The minimum atomic E-state index is -0.914. The van der Waals surface area contributed by atoms with Crippen LogP contribution in [-0.4, -0.2) is 61.2 Å². The van der Waals surface area contributed by atoms with E-state index in [1.807, 2.05) is 0 Å². The minimum Gasteiger partial charge on any atom is -0.396 e. The van der Waals surface area contributed by atoms with Gasteiger partial charge in [0, 0.05) is 37.1 Å². The molecule has 0 radical (unpaired) electrons. The molecule has 2 atom stereocenters. The number of likely N-dealkylation sites (tertiary alicyclic amines) is 1. The van der Waals surface area contributed by atoms with Crippen LogP contribution in [-0.2, 0) is 6.42 Å². The number of fused-ring (bicyclic) bond motifs is 1. The number of rotatable bonds is 4. The molecule has 3 aromatic rings. The molecule has 1 aliphatic rings. The van der Waals surface area contributed by atoms with Crippen molar-refractivity contribution in [1.29, 1.82) is 0 Å². The van der Waals surface area contributed by atoms with Gasteiger partial charge in [-0.15, -0.1) is 0 Å². The molecule has 1 aromatic carbocycles. The van der Waals surface area contributed by atoms with Gasteiger partial charge in [-0.2, -0.15) is 0 Å². The molecule has 1 saturated heterocycles. The largest absolute Gasteiger partial charge is 0.396 e. The van der Waals surface area contributed by atoms with Crippen LogP contribution in [0, 0.1) is 11.2 Å². The summed E-state index contributed by atoms with van der Waals surface area (Å²) in [6, 6.07) is 7.71. The number of hydrogen-bond donors (Lipinski definition) is 2. The number of benzene rings is 1. The van der Waals surface area contributed by atoms with Crippen LogP contribution in [0.4, 0.5) is 4.39 Å². The fourth-order valence-electron chi connectivity index (χ4n) is 3.81. The Hall–Kier alpha value is -2.84. The second-order valence-electron chi connectivity index (χ2n) is 7.31. The number of carbonyl (C=O) groups excluding carboxylic acids is 1. The van der Waals surface area contributed by atoms with Crippen LogP contribution in [0.1, 0.15) is 22.5 Å². The maximum atomic E-state index is 13.2. The zero-order valence-corrected chi connectivity index (χ0v) is 15.2. The summed E-state index contributed by atoms with van der Waals surface area (Å²) in [6.45, 7) is 0.261. The Morgan fingerprint density at radius 3 is 2.82 bits per heavy atom. The molecule has 146 valence electrons. The van der Waals surface area contributed by atoms with Crippen LogP contribution in [0.3, 0.4) is 0 Å². The Morgan fingerprint density at radius 2 is 2.11 bits per heavy atom. The summed E-state index contributed by atoms with van der Waals surface area (Å²) in [5.41, 5.74) is 0.146. The van der Waals surface area contributed by atoms with E-state index in [1.165, 1.54) is 12.1 Å². The molecule has 8 heteroatoms. The lowest BCUT2D eigenvalue weighted by molar-refractivity contribution is -0.0669. The van der Waals surface area contributed by atoms with Crippen molar-refractivity contribution in [3.8, 4) is 0 Å². The zero-order chi connectivity index (χ0) is 19.7. The lowest BCUT2D eigenvalue weighted by Gasteiger charge is -2.45. The average Bonchev–Trinajstić information content (AvgIpc) is 3.15. The zero-order valence-electron chi connectivity index (χ0n) is 15.2. The highest BCUT2D eigenvalue weighted by molar-refractivity contribution is 5.92. The van der Waals surface area contributed by atoms with Gasteiger partial charge in [0.15, 0.2) is 0 Å². The highest BCUT2D eigenvalue weighted by Crippen LogP contribution is 2.34. The summed E-state index contributed by atoms with van der Waals surface area (Å²) in [5, 5.41) is 20.7. The average molecular weight is 384 g/mol. The summed E-state index contributed by atoms with van der Waals surface area (Å²) in [7, 11) is 0. The molecule has 1 fully saturated rings. The van der Waals surface area contributed by atoms with Gasteiger partial charge >= 0.3 is 0 Å². The molecule has 2 N–H and O–H groups in total. The second kappa shape index (κ2) is 7.29. The summed E-state index contributed by atoms with van der Waals surface area (Å²) >= 11 is 0. The number of piperidine rings is 1. The van der Waals surface area contributed by atoms with Crippen LogP contribution in [0.5, 0.6) is 0 Å². The molecule has 2 aromatic heterocycles. The first-order valence-electron chi connectivity index (χ1n) is 9.13. The topological polar surface area (TPSA) is 91.0 Å². The van der Waals surface area contributed by atoms with Crippen molar-refractivity contribution >= 4 is 11.7 Å². The van der Waals surface area contributed by atoms with Gasteiger partial charge in [0.1, 0.15) is 11.5 Å². The molecule has 1 aliphatic heterocycles. The Bertz CT molecular complexity index is 958. The lowest BCUT2D eigenvalue weighted by atomic mass is 9.73. The van der Waals surface area contributed by atoms with E-state index in [1.54, 1.807) is 46.1 Å². The highest BCUT2D eigenvalue weighted by atomic mass is 19.1. The quantitative estimate of drug-likeness (QED) is 0.708. The van der Waals surface area contributed by atoms with Crippen LogP contribution < -0.4 is 0 Å². The SMILES string of the molecule is O=C(c1cn2cccnc2n1)N1CC[C@H](O)[C@@](CO)(Cc2ccc(F)cc2)C1. The van der Waals surface area contributed by atoms with E-state index in [-0.39, 0.29) is 30.6 Å². The van der Waals surface area contributed by atoms with Gasteiger partial charge in [-0.3, -0.25) is 9.20 Å². The van der Waals surface area contributed by atoms with Crippen LogP contribution in [0.2, 0.25) is 0 Å². The summed E-state index contributed by atoms with van der Waals surface area (Å²) in [5.74, 6) is -0.180. The van der Waals surface area contributed by atoms with Crippen molar-refractivity contribution in [2.24, 2.45) is 5.41 Å². The normalized spacial score (nSPS) is 22.5. The molecule has 0 unspecified atom stereocenters. The van der Waals surface area contributed by atoms with Crippen molar-refractivity contribution in [1.82, 2.24) is 19.3 Å². The number of carbonyl (C=O) groups is 1. The number of halogens is 1. The van der Waals surface area contributed by atoms with Crippen molar-refractivity contribution in [2.75, 3.05) is 19.7 Å². The smallest absolute Gasteiger partial charge is 0.274 e. The minimum absolute atomic E-state index is 0.183. The molecular weight excluding hydrogens is 363 g/mol. The predicted octanol–water partition coefficient (Wildman–Crippen LogP) is 1.30. The van der Waals surface area contributed by atoms with Crippen molar-refractivity contribution in [2.45, 2.75) is 18.9 Å². The van der Waals surface area contributed by atoms with Gasteiger partial charge in [0.2, 0.25) is 5.78 Å². The van der Waals surface area contributed by atoms with Gasteiger partial charge < -0.3 is 15.1 Å². The highest BCUT2D eigenvalue weighted by Gasteiger charge is 2.44. The van der Waals surface area contributed by atoms with E-state index in [4.69, 9.17) is 0 Å². The first kappa shape index (κ1) is 18.5. The third kappa shape index (κ3) is 3.36. The van der Waals surface area contributed by atoms with Gasteiger partial charge in [-0.1, -0.05) is 12.1 Å². The predicted molar refractivity (Wildman–Crippen MR) is 99.1 cm³/mol. The van der Waals surface area contributed by atoms with Gasteiger partial charge in [0.05, 0.1) is 12.7 Å². The fraction of sp³-hybridized carbons (Fsp3) is 0.350. The third-order valence-corrected chi connectivity index (χ3v) is 5.41. The monoisotopic (exact) mass is 384 g/mol. The number of hydrogen-bond acceptors (Lipinski definition) is 5. The molecule has 28 heavy (non-hydrogen) atoms. The van der Waals surface area contributed by atoms with Crippen LogP contribution in [0.15, 0.2) is 48.9 Å². The van der Waals surface area contributed by atoms with Crippen LogP contribution in [0.25, 0.3) is 5.78 Å². The van der Waals surface area contributed by atoms with E-state index in [9.17, 15) is 19.4 Å². The number of aliphatic hydroxyl groups excluding tert-OH is 2. The van der Waals surface area contributed by atoms with E-state index in [0.717, 1.165) is 5.56 Å². The van der Waals surface area contributed by atoms with E-state index < -0.39 is 11.5 Å². The molecule has 0 saturated carbocycles. The Morgan fingerprint density at radius 1 is 1.32 bits per heavy atom. The van der Waals surface area contributed by atoms with Crippen LogP contribution >= 0.6 is 0 Å². The Kier molecular flexibility index (Phi) is 4.82. The summed E-state index contributed by atoms with van der Waals surface area (Å²) in [6.07, 6.45) is 4.90. The first-order chi connectivity index (χ1) is 13.5. The summed E-state index contributed by atoms with van der Waals surface area (Å²) < 4.78 is 14.9. The molecule has 7 nitrogen and oxygen atoms in total.